The molecule has 11 rings (SSSR count). The molecule has 0 bridgehead atoms. The van der Waals surface area contributed by atoms with E-state index in [9.17, 15) is 0 Å². The van der Waals surface area contributed by atoms with Gasteiger partial charge < -0.3 is 4.90 Å². The van der Waals surface area contributed by atoms with Crippen LogP contribution >= 0.6 is 11.3 Å². The Hall–Kier alpha value is -7.26. The minimum Gasteiger partial charge on any atom is -0.309 e. The van der Waals surface area contributed by atoms with Crippen LogP contribution in [-0.2, 0) is 0 Å². The smallest absolute Gasteiger partial charge is 0.0540 e. The number of anilines is 3. The van der Waals surface area contributed by atoms with Gasteiger partial charge in [0.05, 0.1) is 11.4 Å². The van der Waals surface area contributed by atoms with Crippen molar-refractivity contribution < 1.29 is 0 Å². The summed E-state index contributed by atoms with van der Waals surface area (Å²) in [6.45, 7) is 0. The van der Waals surface area contributed by atoms with Crippen molar-refractivity contribution in [3.05, 3.63) is 224 Å². The molecule has 0 aliphatic heterocycles. The predicted octanol–water partition coefficient (Wildman–Crippen LogP) is 16.5. The van der Waals surface area contributed by atoms with Gasteiger partial charge in [-0.2, -0.15) is 0 Å². The molecular formula is C56H37NS. The Morgan fingerprint density at radius 1 is 0.310 bits per heavy atom. The van der Waals surface area contributed by atoms with Gasteiger partial charge in [0, 0.05) is 42.6 Å². The SMILES string of the molecule is c1ccc(-c2cccc3cccc(-c4ccccc4N(c4ccc(-c5ccc6ccccc6c5)cc4)c4ccccc4-c4cccc5c4sc4ccccc45)c23)cc1. The highest BCUT2D eigenvalue weighted by Crippen LogP contribution is 2.49. The molecule has 0 fully saturated rings. The molecule has 0 saturated carbocycles. The average molecular weight is 756 g/mol. The Bertz CT molecular complexity index is 3280. The minimum atomic E-state index is 1.09. The number of thiophene rings is 1. The lowest BCUT2D eigenvalue weighted by atomic mass is 9.90. The summed E-state index contributed by atoms with van der Waals surface area (Å²) in [7, 11) is 0. The van der Waals surface area contributed by atoms with E-state index in [-0.39, 0.29) is 0 Å². The van der Waals surface area contributed by atoms with Crippen LogP contribution in [0.25, 0.3) is 86.2 Å². The summed E-state index contributed by atoms with van der Waals surface area (Å²) in [5, 5.41) is 7.56. The Morgan fingerprint density at radius 2 is 0.862 bits per heavy atom. The monoisotopic (exact) mass is 755 g/mol. The zero-order chi connectivity index (χ0) is 38.4. The van der Waals surface area contributed by atoms with E-state index in [1.165, 1.54) is 86.2 Å². The number of nitrogens with zero attached hydrogens (tertiary/aromatic N) is 1. The molecule has 1 heterocycles. The van der Waals surface area contributed by atoms with Crippen molar-refractivity contribution in [1.29, 1.82) is 0 Å². The van der Waals surface area contributed by atoms with Crippen LogP contribution in [-0.4, -0.2) is 0 Å². The van der Waals surface area contributed by atoms with Crippen LogP contribution < -0.4 is 4.90 Å². The molecule has 0 N–H and O–H groups in total. The van der Waals surface area contributed by atoms with E-state index in [2.05, 4.69) is 229 Å². The maximum atomic E-state index is 2.48. The van der Waals surface area contributed by atoms with Crippen LogP contribution in [0.1, 0.15) is 0 Å². The Balaban J connectivity index is 1.15. The van der Waals surface area contributed by atoms with Gasteiger partial charge in [0.15, 0.2) is 0 Å². The molecule has 2 heteroatoms. The van der Waals surface area contributed by atoms with Crippen LogP contribution in [0, 0.1) is 0 Å². The highest BCUT2D eigenvalue weighted by Gasteiger charge is 2.23. The molecule has 0 aliphatic carbocycles. The van der Waals surface area contributed by atoms with Crippen LogP contribution in [0.2, 0.25) is 0 Å². The second-order valence-corrected chi connectivity index (χ2v) is 15.9. The van der Waals surface area contributed by atoms with Gasteiger partial charge in [0.1, 0.15) is 0 Å². The lowest BCUT2D eigenvalue weighted by molar-refractivity contribution is 1.29. The summed E-state index contributed by atoms with van der Waals surface area (Å²) in [5.74, 6) is 0. The summed E-state index contributed by atoms with van der Waals surface area (Å²) < 4.78 is 2.61. The third kappa shape index (κ3) is 5.86. The first-order chi connectivity index (χ1) is 28.8. The number of para-hydroxylation sites is 2. The normalized spacial score (nSPS) is 11.4. The number of hydrogen-bond acceptors (Lipinski definition) is 2. The highest BCUT2D eigenvalue weighted by atomic mass is 32.1. The zero-order valence-corrected chi connectivity index (χ0v) is 32.5. The fourth-order valence-corrected chi connectivity index (χ4v) is 9.99. The summed E-state index contributed by atoms with van der Waals surface area (Å²) >= 11 is 1.88. The van der Waals surface area contributed by atoms with Crippen LogP contribution in [0.5, 0.6) is 0 Å². The van der Waals surface area contributed by atoms with E-state index in [1.807, 2.05) is 11.3 Å². The topological polar surface area (TPSA) is 3.24 Å². The first-order valence-electron chi connectivity index (χ1n) is 19.8. The first-order valence-corrected chi connectivity index (χ1v) is 20.7. The molecule has 0 amide bonds. The standard InChI is InChI=1S/C56H37NS/c1-2-16-40(17-3-1)45-24-12-19-41-20-13-25-49(55(41)45)46-21-6-9-28-52(46)57(44-35-33-39(34-36-44)43-32-31-38-15-4-5-18-42(38)37-43)53-29-10-7-22-47(53)50-26-14-27-51-48-23-8-11-30-54(48)58-56(50)51/h1-37H. The molecule has 0 atom stereocenters. The van der Waals surface area contributed by atoms with E-state index in [1.54, 1.807) is 0 Å². The molecule has 1 aromatic heterocycles. The number of rotatable bonds is 7. The van der Waals surface area contributed by atoms with E-state index in [0.29, 0.717) is 0 Å². The maximum Gasteiger partial charge on any atom is 0.0540 e. The number of hydrogen-bond donors (Lipinski definition) is 0. The Morgan fingerprint density at radius 3 is 1.66 bits per heavy atom. The third-order valence-electron chi connectivity index (χ3n) is 11.5. The molecule has 272 valence electrons. The summed E-state index contributed by atoms with van der Waals surface area (Å²) in [6.07, 6.45) is 0. The van der Waals surface area contributed by atoms with Crippen molar-refractivity contribution >= 4 is 70.1 Å². The van der Waals surface area contributed by atoms with Crippen LogP contribution in [0.3, 0.4) is 0 Å². The van der Waals surface area contributed by atoms with Gasteiger partial charge in [0.25, 0.3) is 0 Å². The molecule has 0 saturated heterocycles. The van der Waals surface area contributed by atoms with Crippen LogP contribution in [0.15, 0.2) is 224 Å². The summed E-state index contributed by atoms with van der Waals surface area (Å²) in [5.41, 5.74) is 13.0. The van der Waals surface area contributed by atoms with Crippen molar-refractivity contribution in [2.45, 2.75) is 0 Å². The quantitative estimate of drug-likeness (QED) is 0.157. The molecule has 11 aromatic rings. The van der Waals surface area contributed by atoms with E-state index in [0.717, 1.165) is 17.1 Å². The molecule has 58 heavy (non-hydrogen) atoms. The average Bonchev–Trinajstić information content (AvgIpc) is 3.69. The first kappa shape index (κ1) is 34.0. The van der Waals surface area contributed by atoms with Gasteiger partial charge >= 0.3 is 0 Å². The Kier molecular flexibility index (Phi) is 8.42. The van der Waals surface area contributed by atoms with Gasteiger partial charge in [-0.3, -0.25) is 0 Å². The zero-order valence-electron chi connectivity index (χ0n) is 31.7. The largest absolute Gasteiger partial charge is 0.309 e. The summed E-state index contributed by atoms with van der Waals surface area (Å²) in [6, 6.07) is 82.0. The van der Waals surface area contributed by atoms with E-state index < -0.39 is 0 Å². The van der Waals surface area contributed by atoms with Crippen molar-refractivity contribution in [2.24, 2.45) is 0 Å². The fraction of sp³-hybridized carbons (Fsp3) is 0. The molecule has 0 radical (unpaired) electrons. The molecular weight excluding hydrogens is 719 g/mol. The molecule has 0 aliphatic rings. The van der Waals surface area contributed by atoms with Crippen molar-refractivity contribution in [3.63, 3.8) is 0 Å². The Labute approximate surface area is 342 Å². The van der Waals surface area contributed by atoms with Crippen molar-refractivity contribution in [2.75, 3.05) is 4.90 Å². The van der Waals surface area contributed by atoms with E-state index in [4.69, 9.17) is 0 Å². The third-order valence-corrected chi connectivity index (χ3v) is 12.7. The number of fused-ring (bicyclic) bond motifs is 5. The van der Waals surface area contributed by atoms with Crippen molar-refractivity contribution in [1.82, 2.24) is 0 Å². The lowest BCUT2D eigenvalue weighted by Gasteiger charge is -2.30. The highest BCUT2D eigenvalue weighted by molar-refractivity contribution is 7.26. The summed E-state index contributed by atoms with van der Waals surface area (Å²) in [4.78, 5) is 2.48. The second-order valence-electron chi connectivity index (χ2n) is 14.8. The van der Waals surface area contributed by atoms with Gasteiger partial charge in [-0.15, -0.1) is 11.3 Å². The fourth-order valence-electron chi connectivity index (χ4n) is 8.76. The minimum absolute atomic E-state index is 1.09. The van der Waals surface area contributed by atoms with Gasteiger partial charge in [-0.1, -0.05) is 188 Å². The van der Waals surface area contributed by atoms with Gasteiger partial charge in [0.2, 0.25) is 0 Å². The van der Waals surface area contributed by atoms with Crippen LogP contribution in [0.4, 0.5) is 17.1 Å². The molecule has 10 aromatic carbocycles. The van der Waals surface area contributed by atoms with Crippen molar-refractivity contribution in [3.8, 4) is 44.5 Å². The molecule has 0 spiro atoms. The second kappa shape index (κ2) is 14.4. The molecule has 1 nitrogen and oxygen atoms in total. The predicted molar refractivity (Wildman–Crippen MR) is 251 cm³/mol. The molecule has 0 unspecified atom stereocenters. The number of benzene rings is 10. The maximum absolute atomic E-state index is 2.48. The van der Waals surface area contributed by atoms with Gasteiger partial charge in [-0.05, 0) is 85.8 Å². The van der Waals surface area contributed by atoms with Gasteiger partial charge in [-0.25, -0.2) is 0 Å². The lowest BCUT2D eigenvalue weighted by Crippen LogP contribution is -2.12. The van der Waals surface area contributed by atoms with E-state index >= 15 is 0 Å².